The van der Waals surface area contributed by atoms with E-state index in [1.165, 1.54) is 16.7 Å². The normalized spacial score (nSPS) is 10.9. The zero-order chi connectivity index (χ0) is 16.4. The monoisotopic (exact) mass is 302 g/mol. The van der Waals surface area contributed by atoms with Crippen LogP contribution in [0.5, 0.6) is 0 Å². The first-order valence-electron chi connectivity index (χ1n) is 7.91. The minimum absolute atomic E-state index is 0.398. The maximum atomic E-state index is 6.18. The highest BCUT2D eigenvalue weighted by Gasteiger charge is 2.13. The van der Waals surface area contributed by atoms with Crippen molar-refractivity contribution in [3.8, 4) is 22.3 Å². The third-order valence-electron chi connectivity index (χ3n) is 4.15. The van der Waals surface area contributed by atoms with Crippen molar-refractivity contribution in [1.29, 1.82) is 0 Å². The lowest BCUT2D eigenvalue weighted by Gasteiger charge is -2.17. The van der Waals surface area contributed by atoms with Gasteiger partial charge in [0.25, 0.3) is 0 Å². The summed E-state index contributed by atoms with van der Waals surface area (Å²) >= 11 is 0. The summed E-state index contributed by atoms with van der Waals surface area (Å²) in [6.07, 6.45) is 0. The number of rotatable bonds is 3. The Morgan fingerprint density at radius 3 is 2.13 bits per heavy atom. The summed E-state index contributed by atoms with van der Waals surface area (Å²) < 4.78 is 0. The maximum absolute atomic E-state index is 6.18. The summed E-state index contributed by atoms with van der Waals surface area (Å²) in [5.41, 5.74) is 19.5. The molecule has 0 radical (unpaired) electrons. The highest BCUT2D eigenvalue weighted by molar-refractivity contribution is 5.83. The Balaban J connectivity index is 2.17. The van der Waals surface area contributed by atoms with E-state index in [-0.39, 0.29) is 0 Å². The fraction of sp³-hybridized carbons (Fsp3) is 0.143. The summed E-state index contributed by atoms with van der Waals surface area (Å²) in [4.78, 5) is 0. The molecule has 0 saturated carbocycles. The molecule has 0 heterocycles. The predicted molar refractivity (Wildman–Crippen MR) is 100 cm³/mol. The molecule has 2 heteroatoms. The lowest BCUT2D eigenvalue weighted by atomic mass is 9.88. The largest absolute Gasteiger partial charge is 0.399 e. The summed E-state index contributed by atoms with van der Waals surface area (Å²) in [5, 5.41) is 0. The van der Waals surface area contributed by atoms with Gasteiger partial charge in [0, 0.05) is 16.9 Å². The van der Waals surface area contributed by atoms with Crippen molar-refractivity contribution in [2.24, 2.45) is 0 Å². The first-order valence-corrected chi connectivity index (χ1v) is 7.91. The average Bonchev–Trinajstić information content (AvgIpc) is 2.57. The summed E-state index contributed by atoms with van der Waals surface area (Å²) in [6.45, 7) is 4.41. The number of hydrogen-bond acceptors (Lipinski definition) is 2. The summed E-state index contributed by atoms with van der Waals surface area (Å²) in [5.74, 6) is 0.398. The van der Waals surface area contributed by atoms with Crippen LogP contribution in [0.1, 0.15) is 25.3 Å². The van der Waals surface area contributed by atoms with Crippen molar-refractivity contribution in [3.05, 3.63) is 72.3 Å². The molecule has 116 valence electrons. The minimum Gasteiger partial charge on any atom is -0.399 e. The van der Waals surface area contributed by atoms with Crippen LogP contribution in [0.15, 0.2) is 66.7 Å². The Kier molecular flexibility index (Phi) is 4.07. The summed E-state index contributed by atoms with van der Waals surface area (Å²) in [6, 6.07) is 22.7. The molecule has 23 heavy (non-hydrogen) atoms. The molecule has 0 fully saturated rings. The van der Waals surface area contributed by atoms with E-state index < -0.39 is 0 Å². The van der Waals surface area contributed by atoms with Crippen molar-refractivity contribution in [2.45, 2.75) is 19.8 Å². The minimum atomic E-state index is 0.398. The second-order valence-corrected chi connectivity index (χ2v) is 6.17. The lowest BCUT2D eigenvalue weighted by molar-refractivity contribution is 0.869. The fourth-order valence-electron chi connectivity index (χ4n) is 2.90. The van der Waals surface area contributed by atoms with Crippen LogP contribution in [-0.4, -0.2) is 0 Å². The number of hydrogen-bond donors (Lipinski definition) is 2. The van der Waals surface area contributed by atoms with Gasteiger partial charge in [-0.15, -0.1) is 0 Å². The molecule has 0 unspecified atom stereocenters. The number of nitrogens with two attached hydrogens (primary N) is 2. The first kappa shape index (κ1) is 15.2. The highest BCUT2D eigenvalue weighted by atomic mass is 14.6. The summed E-state index contributed by atoms with van der Waals surface area (Å²) in [7, 11) is 0. The Morgan fingerprint density at radius 2 is 1.43 bits per heavy atom. The molecular formula is C21H22N2. The molecule has 3 aromatic rings. The van der Waals surface area contributed by atoms with Gasteiger partial charge in [-0.2, -0.15) is 0 Å². The topological polar surface area (TPSA) is 52.0 Å². The molecule has 0 aromatic heterocycles. The van der Waals surface area contributed by atoms with Crippen LogP contribution in [0.2, 0.25) is 0 Å². The van der Waals surface area contributed by atoms with E-state index in [4.69, 9.17) is 11.5 Å². The van der Waals surface area contributed by atoms with E-state index >= 15 is 0 Å². The quantitative estimate of drug-likeness (QED) is 0.644. The zero-order valence-corrected chi connectivity index (χ0v) is 13.6. The molecule has 0 aliphatic carbocycles. The highest BCUT2D eigenvalue weighted by Crippen LogP contribution is 2.36. The molecular weight excluding hydrogens is 280 g/mol. The SMILES string of the molecule is CC(C)c1cc(-c2ccccc2)ccc1-c1cc(N)ccc1N. The predicted octanol–water partition coefficient (Wildman–Crippen LogP) is 5.31. The van der Waals surface area contributed by atoms with Crippen LogP contribution in [-0.2, 0) is 0 Å². The van der Waals surface area contributed by atoms with E-state index in [0.717, 1.165) is 22.5 Å². The molecule has 0 saturated heterocycles. The Hall–Kier alpha value is -2.74. The molecule has 0 atom stereocenters. The second kappa shape index (κ2) is 6.17. The van der Waals surface area contributed by atoms with Crippen molar-refractivity contribution < 1.29 is 0 Å². The van der Waals surface area contributed by atoms with E-state index in [1.807, 2.05) is 24.3 Å². The van der Waals surface area contributed by atoms with Crippen LogP contribution in [0.25, 0.3) is 22.3 Å². The van der Waals surface area contributed by atoms with E-state index in [9.17, 15) is 0 Å². The Morgan fingerprint density at radius 1 is 0.696 bits per heavy atom. The molecule has 4 N–H and O–H groups in total. The zero-order valence-electron chi connectivity index (χ0n) is 13.6. The van der Waals surface area contributed by atoms with Gasteiger partial charge in [-0.05, 0) is 46.4 Å². The number of nitrogen functional groups attached to an aromatic ring is 2. The molecule has 0 spiro atoms. The molecule has 0 aliphatic heterocycles. The van der Waals surface area contributed by atoms with E-state index in [2.05, 4.69) is 56.3 Å². The van der Waals surface area contributed by atoms with Crippen LogP contribution in [0.4, 0.5) is 11.4 Å². The number of benzene rings is 3. The van der Waals surface area contributed by atoms with Crippen molar-refractivity contribution >= 4 is 11.4 Å². The third kappa shape index (κ3) is 3.07. The Bertz CT molecular complexity index is 821. The average molecular weight is 302 g/mol. The third-order valence-corrected chi connectivity index (χ3v) is 4.15. The van der Waals surface area contributed by atoms with Gasteiger partial charge in [0.2, 0.25) is 0 Å². The van der Waals surface area contributed by atoms with Gasteiger partial charge in [-0.1, -0.05) is 62.4 Å². The van der Waals surface area contributed by atoms with Crippen molar-refractivity contribution in [2.75, 3.05) is 11.5 Å². The van der Waals surface area contributed by atoms with Crippen LogP contribution < -0.4 is 11.5 Å². The van der Waals surface area contributed by atoms with Crippen molar-refractivity contribution in [1.82, 2.24) is 0 Å². The van der Waals surface area contributed by atoms with Crippen molar-refractivity contribution in [3.63, 3.8) is 0 Å². The van der Waals surface area contributed by atoms with Crippen LogP contribution in [0, 0.1) is 0 Å². The van der Waals surface area contributed by atoms with Gasteiger partial charge in [0.05, 0.1) is 0 Å². The standard InChI is InChI=1S/C21H22N2/c1-14(2)19-12-16(15-6-4-3-5-7-15)8-10-18(19)20-13-17(22)9-11-21(20)23/h3-14H,22-23H2,1-2H3. The number of anilines is 2. The van der Waals surface area contributed by atoms with Gasteiger partial charge in [0.1, 0.15) is 0 Å². The molecule has 0 amide bonds. The van der Waals surface area contributed by atoms with Gasteiger partial charge < -0.3 is 11.5 Å². The first-order chi connectivity index (χ1) is 11.1. The lowest BCUT2D eigenvalue weighted by Crippen LogP contribution is -1.98. The molecule has 3 aromatic carbocycles. The van der Waals surface area contributed by atoms with Gasteiger partial charge in [0.15, 0.2) is 0 Å². The fourth-order valence-corrected chi connectivity index (χ4v) is 2.90. The van der Waals surface area contributed by atoms with Crippen LogP contribution >= 0.6 is 0 Å². The molecule has 2 nitrogen and oxygen atoms in total. The van der Waals surface area contributed by atoms with Crippen LogP contribution in [0.3, 0.4) is 0 Å². The smallest absolute Gasteiger partial charge is 0.0395 e. The van der Waals surface area contributed by atoms with Gasteiger partial charge >= 0.3 is 0 Å². The van der Waals surface area contributed by atoms with E-state index in [1.54, 1.807) is 0 Å². The van der Waals surface area contributed by atoms with Gasteiger partial charge in [-0.3, -0.25) is 0 Å². The Labute approximate surface area is 137 Å². The second-order valence-electron chi connectivity index (χ2n) is 6.17. The van der Waals surface area contributed by atoms with E-state index in [0.29, 0.717) is 5.92 Å². The molecule has 0 bridgehead atoms. The maximum Gasteiger partial charge on any atom is 0.0395 e. The molecule has 3 rings (SSSR count). The molecule has 0 aliphatic rings. The van der Waals surface area contributed by atoms with Gasteiger partial charge in [-0.25, -0.2) is 0 Å².